The number of hydrogen-bond acceptors (Lipinski definition) is 6. The summed E-state index contributed by atoms with van der Waals surface area (Å²) in [5.41, 5.74) is 3.20. The first-order valence-electron chi connectivity index (χ1n) is 9.38. The van der Waals surface area contributed by atoms with E-state index in [1.165, 1.54) is 23.5 Å². The smallest absolute Gasteiger partial charge is 0.295 e. The Morgan fingerprint density at radius 1 is 1.17 bits per heavy atom. The molecule has 4 aromatic rings. The van der Waals surface area contributed by atoms with Crippen molar-refractivity contribution in [1.82, 2.24) is 15.0 Å². The van der Waals surface area contributed by atoms with Crippen molar-refractivity contribution in [1.29, 1.82) is 0 Å². The van der Waals surface area contributed by atoms with Crippen LogP contribution in [0.2, 0.25) is 0 Å². The Morgan fingerprint density at radius 3 is 2.73 bits per heavy atom. The third kappa shape index (κ3) is 3.99. The summed E-state index contributed by atoms with van der Waals surface area (Å²) in [4.78, 5) is 26.2. The molecule has 3 aromatic heterocycles. The van der Waals surface area contributed by atoms with Gasteiger partial charge in [-0.25, -0.2) is 14.4 Å². The zero-order valence-electron chi connectivity index (χ0n) is 16.6. The second-order valence-corrected chi connectivity index (χ2v) is 7.91. The van der Waals surface area contributed by atoms with Crippen LogP contribution in [0.1, 0.15) is 41.8 Å². The number of thiazole rings is 1. The van der Waals surface area contributed by atoms with Crippen molar-refractivity contribution >= 4 is 22.4 Å². The minimum atomic E-state index is -0.493. The molecule has 0 saturated carbocycles. The van der Waals surface area contributed by atoms with Crippen molar-refractivity contribution in [3.05, 3.63) is 71.0 Å². The molecular formula is C22H19FN4O2S. The molecule has 8 heteroatoms. The number of carbonyl (C=O) groups excluding carboxylic acids is 1. The lowest BCUT2D eigenvalue weighted by molar-refractivity contribution is 0.0995. The molecule has 152 valence electrons. The van der Waals surface area contributed by atoms with Crippen molar-refractivity contribution < 1.29 is 13.6 Å². The van der Waals surface area contributed by atoms with E-state index in [1.807, 2.05) is 38.3 Å². The molecule has 1 aromatic carbocycles. The number of aromatic nitrogens is 3. The number of rotatable bonds is 5. The predicted octanol–water partition coefficient (Wildman–Crippen LogP) is 5.68. The topological polar surface area (TPSA) is 80.9 Å². The lowest BCUT2D eigenvalue weighted by Crippen LogP contribution is -2.12. The van der Waals surface area contributed by atoms with Crippen LogP contribution in [0.3, 0.4) is 0 Å². The van der Waals surface area contributed by atoms with Gasteiger partial charge in [0, 0.05) is 23.1 Å². The third-order valence-electron chi connectivity index (χ3n) is 4.42. The summed E-state index contributed by atoms with van der Waals surface area (Å²) < 4.78 is 19.5. The molecule has 1 amide bonds. The minimum absolute atomic E-state index is 0.0232. The maximum Gasteiger partial charge on any atom is 0.295 e. The lowest BCUT2D eigenvalue weighted by atomic mass is 10.1. The summed E-state index contributed by atoms with van der Waals surface area (Å²) in [5, 5.41) is 5.00. The van der Waals surface area contributed by atoms with Crippen LogP contribution >= 0.6 is 11.3 Å². The van der Waals surface area contributed by atoms with E-state index in [-0.39, 0.29) is 11.7 Å². The largest absolute Gasteiger partial charge is 0.435 e. The number of nitrogens with one attached hydrogen (secondary N) is 1. The molecule has 6 nitrogen and oxygen atoms in total. The van der Waals surface area contributed by atoms with Crippen molar-refractivity contribution in [2.24, 2.45) is 0 Å². The molecule has 0 atom stereocenters. The molecular weight excluding hydrogens is 403 g/mol. The number of hydrogen-bond donors (Lipinski definition) is 1. The van der Waals surface area contributed by atoms with Gasteiger partial charge in [-0.3, -0.25) is 15.1 Å². The van der Waals surface area contributed by atoms with Crippen molar-refractivity contribution in [3.63, 3.8) is 0 Å². The van der Waals surface area contributed by atoms with Gasteiger partial charge in [-0.05, 0) is 30.7 Å². The monoisotopic (exact) mass is 422 g/mol. The molecule has 0 saturated heterocycles. The Morgan fingerprint density at radius 2 is 2.00 bits per heavy atom. The normalized spacial score (nSPS) is 11.1. The van der Waals surface area contributed by atoms with E-state index in [2.05, 4.69) is 20.3 Å². The summed E-state index contributed by atoms with van der Waals surface area (Å²) in [6.45, 7) is 5.77. The summed E-state index contributed by atoms with van der Waals surface area (Å²) in [6.07, 6.45) is 1.70. The fourth-order valence-electron chi connectivity index (χ4n) is 2.92. The van der Waals surface area contributed by atoms with Gasteiger partial charge in [-0.15, -0.1) is 11.3 Å². The number of benzene rings is 1. The first kappa shape index (κ1) is 19.9. The van der Waals surface area contributed by atoms with Crippen LogP contribution in [0.15, 0.2) is 52.4 Å². The summed E-state index contributed by atoms with van der Waals surface area (Å²) in [5.74, 6) is -0.508. The van der Waals surface area contributed by atoms with E-state index in [9.17, 15) is 9.18 Å². The van der Waals surface area contributed by atoms with Gasteiger partial charge in [-0.2, -0.15) is 0 Å². The molecule has 0 radical (unpaired) electrons. The number of carbonyl (C=O) groups is 1. The zero-order valence-corrected chi connectivity index (χ0v) is 17.5. The fourth-order valence-corrected chi connectivity index (χ4v) is 3.61. The van der Waals surface area contributed by atoms with Gasteiger partial charge >= 0.3 is 0 Å². The van der Waals surface area contributed by atoms with E-state index in [1.54, 1.807) is 18.3 Å². The number of anilines is 1. The molecule has 0 aliphatic rings. The van der Waals surface area contributed by atoms with Crippen molar-refractivity contribution in [3.8, 4) is 22.6 Å². The van der Waals surface area contributed by atoms with E-state index in [0.29, 0.717) is 28.0 Å². The maximum absolute atomic E-state index is 13.7. The standard InChI is InChI=1S/C22H19FN4O2S/c1-12(2)21-26-18(14-7-4-8-15(23)10-14)19(29-21)20(28)27-22-25-16(11-30-22)17-13(3)6-5-9-24-17/h4-12H,1-3H3,(H,25,27,28). The van der Waals surface area contributed by atoms with Crippen LogP contribution in [0, 0.1) is 12.7 Å². The van der Waals surface area contributed by atoms with Crippen LogP contribution < -0.4 is 5.32 Å². The average Bonchev–Trinajstić information content (AvgIpc) is 3.36. The molecule has 3 heterocycles. The van der Waals surface area contributed by atoms with E-state index in [0.717, 1.165) is 11.3 Å². The first-order valence-corrected chi connectivity index (χ1v) is 10.3. The second-order valence-electron chi connectivity index (χ2n) is 7.06. The number of nitrogens with zero attached hydrogens (tertiary/aromatic N) is 3. The number of oxazole rings is 1. The van der Waals surface area contributed by atoms with Crippen LogP contribution in [-0.2, 0) is 0 Å². The number of amides is 1. The Balaban J connectivity index is 1.65. The summed E-state index contributed by atoms with van der Waals surface area (Å²) in [6, 6.07) is 9.73. The average molecular weight is 422 g/mol. The highest BCUT2D eigenvalue weighted by Crippen LogP contribution is 2.30. The van der Waals surface area contributed by atoms with E-state index < -0.39 is 11.7 Å². The number of halogens is 1. The molecule has 0 aliphatic carbocycles. The van der Waals surface area contributed by atoms with Gasteiger partial charge in [0.05, 0.1) is 5.69 Å². The third-order valence-corrected chi connectivity index (χ3v) is 5.18. The van der Waals surface area contributed by atoms with Crippen LogP contribution in [0.25, 0.3) is 22.6 Å². The SMILES string of the molecule is Cc1cccnc1-c1csc(NC(=O)c2oc(C(C)C)nc2-c2cccc(F)c2)n1. The number of pyridine rings is 1. The summed E-state index contributed by atoms with van der Waals surface area (Å²) in [7, 11) is 0. The molecule has 0 spiro atoms. The number of aryl methyl sites for hydroxylation is 1. The van der Waals surface area contributed by atoms with Gasteiger partial charge < -0.3 is 4.42 Å². The molecule has 1 N–H and O–H groups in total. The minimum Gasteiger partial charge on any atom is -0.435 e. The van der Waals surface area contributed by atoms with Gasteiger partial charge in [0.15, 0.2) is 11.0 Å². The van der Waals surface area contributed by atoms with Crippen LogP contribution in [0.4, 0.5) is 9.52 Å². The Bertz CT molecular complexity index is 1220. The lowest BCUT2D eigenvalue weighted by Gasteiger charge is -2.02. The summed E-state index contributed by atoms with van der Waals surface area (Å²) >= 11 is 1.29. The quantitative estimate of drug-likeness (QED) is 0.447. The van der Waals surface area contributed by atoms with Crippen molar-refractivity contribution in [2.75, 3.05) is 5.32 Å². The molecule has 0 aliphatic heterocycles. The Hall–Kier alpha value is -3.39. The Labute approximate surface area is 176 Å². The van der Waals surface area contributed by atoms with Gasteiger partial charge in [0.25, 0.3) is 5.91 Å². The van der Waals surface area contributed by atoms with Gasteiger partial charge in [-0.1, -0.05) is 32.0 Å². The van der Waals surface area contributed by atoms with Crippen LogP contribution in [0.5, 0.6) is 0 Å². The maximum atomic E-state index is 13.7. The highest BCUT2D eigenvalue weighted by Gasteiger charge is 2.24. The van der Waals surface area contributed by atoms with Crippen molar-refractivity contribution in [2.45, 2.75) is 26.7 Å². The first-order chi connectivity index (χ1) is 14.4. The van der Waals surface area contributed by atoms with Gasteiger partial charge in [0.1, 0.15) is 17.2 Å². The Kier molecular flexibility index (Phi) is 5.41. The molecule has 30 heavy (non-hydrogen) atoms. The highest BCUT2D eigenvalue weighted by molar-refractivity contribution is 7.14. The molecule has 0 unspecified atom stereocenters. The molecule has 4 rings (SSSR count). The molecule has 0 fully saturated rings. The highest BCUT2D eigenvalue weighted by atomic mass is 32.1. The zero-order chi connectivity index (χ0) is 21.3. The van der Waals surface area contributed by atoms with E-state index in [4.69, 9.17) is 4.42 Å². The van der Waals surface area contributed by atoms with E-state index >= 15 is 0 Å². The second kappa shape index (κ2) is 8.16. The molecule has 0 bridgehead atoms. The van der Waals surface area contributed by atoms with Crippen LogP contribution in [-0.4, -0.2) is 20.9 Å². The predicted molar refractivity (Wildman–Crippen MR) is 114 cm³/mol. The van der Waals surface area contributed by atoms with Gasteiger partial charge in [0.2, 0.25) is 5.76 Å². The fraction of sp³-hybridized carbons (Fsp3) is 0.182.